The highest BCUT2D eigenvalue weighted by Crippen LogP contribution is 2.21. The van der Waals surface area contributed by atoms with Gasteiger partial charge in [-0.25, -0.2) is 0 Å². The van der Waals surface area contributed by atoms with Crippen LogP contribution in [0.2, 0.25) is 0 Å². The third kappa shape index (κ3) is 32.4. The molecule has 74 heavy (non-hydrogen) atoms. The molecule has 0 radical (unpaired) electrons. The first-order valence-corrected chi connectivity index (χ1v) is 25.3. The van der Waals surface area contributed by atoms with Gasteiger partial charge in [0.1, 0.15) is 24.7 Å². The first kappa shape index (κ1) is 61.6. The Morgan fingerprint density at radius 2 is 0.392 bits per heavy atom. The van der Waals surface area contributed by atoms with Crippen LogP contribution in [0, 0.1) is 23.7 Å². The molecule has 16 heteroatoms. The normalized spacial score (nSPS) is 11.0. The largest absolute Gasteiger partial charge is 0.491 e. The van der Waals surface area contributed by atoms with E-state index in [4.69, 9.17) is 75.8 Å². The molecule has 0 aliphatic rings. The minimum atomic E-state index is 0.440. The Morgan fingerprint density at radius 3 is 0.595 bits per heavy atom. The zero-order valence-corrected chi connectivity index (χ0v) is 43.6. The lowest BCUT2D eigenvalue weighted by atomic mass is 10.0. The minimum Gasteiger partial charge on any atom is -0.491 e. The maximum atomic E-state index is 5.82. The second-order valence-corrected chi connectivity index (χ2v) is 15.7. The van der Waals surface area contributed by atoms with Crippen LogP contribution in [0.15, 0.2) is 97.1 Å². The highest BCUT2D eigenvalue weighted by atomic mass is 16.6. The number of benzene rings is 4. The molecule has 0 N–H and O–H groups in total. The summed E-state index contributed by atoms with van der Waals surface area (Å²) in [6.45, 7) is 14.4. The molecule has 0 saturated heterocycles. The topological polar surface area (TPSA) is 148 Å². The van der Waals surface area contributed by atoms with Crippen molar-refractivity contribution in [2.24, 2.45) is 0 Å². The number of methoxy groups -OCH3 is 2. The Labute approximate surface area is 439 Å². The molecule has 406 valence electrons. The zero-order valence-electron chi connectivity index (χ0n) is 43.6. The van der Waals surface area contributed by atoms with Gasteiger partial charge in [-0.05, 0) is 83.9 Å². The van der Waals surface area contributed by atoms with E-state index in [1.54, 1.807) is 14.2 Å². The standard InChI is InChI=1S/C58H78O16/c1-59-23-25-61-27-29-63-31-33-65-35-37-67-39-41-69-43-45-71-47-49-73-57-19-11-53(12-20-57)5-3-51-7-15-55(16-8-51)56-17-9-52(10-18-56)4-6-54-13-21-58(22-14-54)74-50-48-72-46-44-70-42-40-68-38-36-66-34-32-64-30-28-62-26-24-60-2/h7-22H,23-50H2,1-2H3. The lowest BCUT2D eigenvalue weighted by molar-refractivity contribution is -0.0199. The number of rotatable bonds is 45. The van der Waals surface area contributed by atoms with Crippen molar-refractivity contribution < 1.29 is 75.8 Å². The summed E-state index contributed by atoms with van der Waals surface area (Å²) >= 11 is 0. The van der Waals surface area contributed by atoms with Crippen molar-refractivity contribution >= 4 is 0 Å². The zero-order chi connectivity index (χ0) is 51.9. The molecule has 0 aromatic heterocycles. The first-order chi connectivity index (χ1) is 36.7. The van der Waals surface area contributed by atoms with E-state index in [2.05, 4.69) is 47.9 Å². The van der Waals surface area contributed by atoms with Gasteiger partial charge in [0, 0.05) is 36.5 Å². The van der Waals surface area contributed by atoms with E-state index in [-0.39, 0.29) is 0 Å². The Morgan fingerprint density at radius 1 is 0.216 bits per heavy atom. The average molecular weight is 1030 g/mol. The Balaban J connectivity index is 0.957. The van der Waals surface area contributed by atoms with Crippen molar-refractivity contribution in [2.75, 3.05) is 199 Å². The van der Waals surface area contributed by atoms with Gasteiger partial charge in [-0.3, -0.25) is 0 Å². The van der Waals surface area contributed by atoms with Gasteiger partial charge < -0.3 is 75.8 Å². The van der Waals surface area contributed by atoms with Gasteiger partial charge in [0.2, 0.25) is 0 Å². The summed E-state index contributed by atoms with van der Waals surface area (Å²) in [5.74, 6) is 14.5. The van der Waals surface area contributed by atoms with Crippen molar-refractivity contribution in [1.29, 1.82) is 0 Å². The second kappa shape index (κ2) is 44.3. The molecule has 0 unspecified atom stereocenters. The van der Waals surface area contributed by atoms with Crippen molar-refractivity contribution in [2.45, 2.75) is 0 Å². The van der Waals surface area contributed by atoms with Gasteiger partial charge >= 0.3 is 0 Å². The molecule has 0 saturated carbocycles. The minimum absolute atomic E-state index is 0.440. The summed E-state index contributed by atoms with van der Waals surface area (Å²) in [5.41, 5.74) is 5.88. The maximum Gasteiger partial charge on any atom is 0.119 e. The van der Waals surface area contributed by atoms with E-state index >= 15 is 0 Å². The van der Waals surface area contributed by atoms with E-state index in [1.165, 1.54) is 0 Å². The van der Waals surface area contributed by atoms with Crippen molar-refractivity contribution in [3.8, 4) is 46.3 Å². The Hall–Kier alpha value is -4.96. The summed E-state index contributed by atoms with van der Waals surface area (Å²) < 4.78 is 87.3. The summed E-state index contributed by atoms with van der Waals surface area (Å²) in [5, 5.41) is 0. The van der Waals surface area contributed by atoms with Gasteiger partial charge in [0.25, 0.3) is 0 Å². The summed E-state index contributed by atoms with van der Waals surface area (Å²) in [7, 11) is 3.29. The van der Waals surface area contributed by atoms with E-state index in [0.29, 0.717) is 185 Å². The van der Waals surface area contributed by atoms with Crippen LogP contribution in [0.4, 0.5) is 0 Å². The summed E-state index contributed by atoms with van der Waals surface area (Å²) in [6.07, 6.45) is 0. The van der Waals surface area contributed by atoms with E-state index in [9.17, 15) is 0 Å². The van der Waals surface area contributed by atoms with Crippen LogP contribution in [0.3, 0.4) is 0 Å². The molecule has 4 rings (SSSR count). The number of hydrogen-bond acceptors (Lipinski definition) is 16. The lowest BCUT2D eigenvalue weighted by Crippen LogP contribution is -2.15. The molecule has 0 amide bonds. The molecule has 0 atom stereocenters. The lowest BCUT2D eigenvalue weighted by Gasteiger charge is -2.09. The molecule has 0 fully saturated rings. The van der Waals surface area contributed by atoms with Crippen molar-refractivity contribution in [1.82, 2.24) is 0 Å². The van der Waals surface area contributed by atoms with Crippen LogP contribution >= 0.6 is 0 Å². The predicted molar refractivity (Wildman–Crippen MR) is 281 cm³/mol. The third-order valence-corrected chi connectivity index (χ3v) is 10.1. The van der Waals surface area contributed by atoms with Crippen LogP contribution in [0.1, 0.15) is 22.3 Å². The van der Waals surface area contributed by atoms with E-state index < -0.39 is 0 Å². The predicted octanol–water partition coefficient (Wildman–Crippen LogP) is 6.40. The fourth-order valence-corrected chi connectivity index (χ4v) is 6.17. The van der Waals surface area contributed by atoms with Crippen LogP contribution in [-0.4, -0.2) is 199 Å². The van der Waals surface area contributed by atoms with E-state index in [0.717, 1.165) is 44.9 Å². The highest BCUT2D eigenvalue weighted by molar-refractivity contribution is 5.65. The van der Waals surface area contributed by atoms with Crippen LogP contribution in [0.5, 0.6) is 11.5 Å². The monoisotopic (exact) mass is 1030 g/mol. The quantitative estimate of drug-likeness (QED) is 0.0355. The SMILES string of the molecule is COCCOCCOCCOCCOCCOCCOCCOc1ccc(C#Cc2ccc(-c3ccc(C#Cc4ccc(OCCOCCOCCOCCOCCOCCOCCOC)cc4)cc3)cc2)cc1. The van der Waals surface area contributed by atoms with E-state index in [1.807, 2.05) is 72.8 Å². The molecule has 4 aromatic rings. The molecule has 0 spiro atoms. The fourth-order valence-electron chi connectivity index (χ4n) is 6.17. The van der Waals surface area contributed by atoms with Gasteiger partial charge in [-0.15, -0.1) is 0 Å². The first-order valence-electron chi connectivity index (χ1n) is 25.3. The second-order valence-electron chi connectivity index (χ2n) is 15.7. The molecule has 4 aromatic carbocycles. The summed E-state index contributed by atoms with van der Waals surface area (Å²) in [6, 6.07) is 31.9. The molecular formula is C58H78O16. The van der Waals surface area contributed by atoms with Crippen LogP contribution in [-0.2, 0) is 66.3 Å². The molecular weight excluding hydrogens is 953 g/mol. The fraction of sp³-hybridized carbons (Fsp3) is 0.517. The number of hydrogen-bond donors (Lipinski definition) is 0. The maximum absolute atomic E-state index is 5.82. The van der Waals surface area contributed by atoms with Gasteiger partial charge in [-0.2, -0.15) is 0 Å². The molecule has 0 bridgehead atoms. The van der Waals surface area contributed by atoms with Crippen molar-refractivity contribution in [3.05, 3.63) is 119 Å². The number of ether oxygens (including phenoxy) is 16. The molecule has 0 heterocycles. The average Bonchev–Trinajstić information content (AvgIpc) is 3.43. The highest BCUT2D eigenvalue weighted by Gasteiger charge is 2.02. The molecule has 0 aliphatic heterocycles. The van der Waals surface area contributed by atoms with Crippen LogP contribution < -0.4 is 9.47 Å². The Bertz CT molecular complexity index is 1900. The van der Waals surface area contributed by atoms with Gasteiger partial charge in [0.05, 0.1) is 172 Å². The molecule has 0 aliphatic carbocycles. The Kier molecular flexibility index (Phi) is 36.9. The van der Waals surface area contributed by atoms with Gasteiger partial charge in [0.15, 0.2) is 0 Å². The smallest absolute Gasteiger partial charge is 0.119 e. The van der Waals surface area contributed by atoms with Gasteiger partial charge in [-0.1, -0.05) is 47.9 Å². The summed E-state index contributed by atoms with van der Waals surface area (Å²) in [4.78, 5) is 0. The van der Waals surface area contributed by atoms with Crippen molar-refractivity contribution in [3.63, 3.8) is 0 Å². The third-order valence-electron chi connectivity index (χ3n) is 10.1. The van der Waals surface area contributed by atoms with Crippen LogP contribution in [0.25, 0.3) is 11.1 Å². The molecule has 16 nitrogen and oxygen atoms in total.